The third kappa shape index (κ3) is 5.04. The fraction of sp³-hybridized carbons (Fsp3) is 0.650. The quantitative estimate of drug-likeness (QED) is 0.733. The van der Waals surface area contributed by atoms with Crippen molar-refractivity contribution in [3.8, 4) is 11.5 Å². The van der Waals surface area contributed by atoms with Gasteiger partial charge in [-0.2, -0.15) is 0 Å². The van der Waals surface area contributed by atoms with Crippen LogP contribution in [0.25, 0.3) is 0 Å². The van der Waals surface area contributed by atoms with Gasteiger partial charge in [0, 0.05) is 6.54 Å². The minimum Gasteiger partial charge on any atom is -0.486 e. The van der Waals surface area contributed by atoms with Crippen molar-refractivity contribution in [2.24, 2.45) is 5.92 Å². The second kappa shape index (κ2) is 9.12. The number of hydrogen-bond donors (Lipinski definition) is 2. The summed E-state index contributed by atoms with van der Waals surface area (Å²) in [5.74, 6) is 1.80. The number of urea groups is 1. The van der Waals surface area contributed by atoms with Gasteiger partial charge in [-0.1, -0.05) is 19.9 Å². The number of likely N-dealkylation sites (tertiary alicyclic amines) is 1. The van der Waals surface area contributed by atoms with Crippen molar-refractivity contribution >= 4 is 6.03 Å². The lowest BCUT2D eigenvalue weighted by Gasteiger charge is -2.25. The molecule has 6 nitrogen and oxygen atoms in total. The molecule has 0 radical (unpaired) electrons. The van der Waals surface area contributed by atoms with Crippen LogP contribution in [0.15, 0.2) is 18.2 Å². The maximum absolute atomic E-state index is 12.3. The van der Waals surface area contributed by atoms with Crippen molar-refractivity contribution in [2.45, 2.75) is 39.2 Å². The summed E-state index contributed by atoms with van der Waals surface area (Å²) >= 11 is 0. The third-order valence-electron chi connectivity index (χ3n) is 5.01. The Morgan fingerprint density at radius 2 is 1.88 bits per heavy atom. The molecule has 0 bridgehead atoms. The van der Waals surface area contributed by atoms with Crippen LogP contribution in [0.3, 0.4) is 0 Å². The topological polar surface area (TPSA) is 62.8 Å². The van der Waals surface area contributed by atoms with Gasteiger partial charge < -0.3 is 25.0 Å². The van der Waals surface area contributed by atoms with Gasteiger partial charge in [-0.3, -0.25) is 0 Å². The summed E-state index contributed by atoms with van der Waals surface area (Å²) in [5, 5.41) is 6.10. The van der Waals surface area contributed by atoms with E-state index in [4.69, 9.17) is 9.47 Å². The molecule has 2 heterocycles. The van der Waals surface area contributed by atoms with Gasteiger partial charge in [-0.25, -0.2) is 4.79 Å². The summed E-state index contributed by atoms with van der Waals surface area (Å²) in [6.45, 7) is 9.53. The van der Waals surface area contributed by atoms with Gasteiger partial charge >= 0.3 is 6.03 Å². The van der Waals surface area contributed by atoms with E-state index in [9.17, 15) is 4.79 Å². The van der Waals surface area contributed by atoms with Crippen molar-refractivity contribution in [3.63, 3.8) is 0 Å². The molecule has 1 fully saturated rings. The fourth-order valence-electron chi connectivity index (χ4n) is 3.59. The number of benzene rings is 1. The molecule has 1 saturated heterocycles. The molecule has 2 N–H and O–H groups in total. The maximum Gasteiger partial charge on any atom is 0.315 e. The van der Waals surface area contributed by atoms with Crippen molar-refractivity contribution in [1.29, 1.82) is 0 Å². The van der Waals surface area contributed by atoms with Crippen molar-refractivity contribution in [2.75, 3.05) is 39.4 Å². The minimum absolute atomic E-state index is 0.0654. The third-order valence-corrected chi connectivity index (χ3v) is 5.01. The largest absolute Gasteiger partial charge is 0.486 e. The highest BCUT2D eigenvalue weighted by Gasteiger charge is 2.21. The molecule has 2 aliphatic rings. The molecule has 0 aromatic heterocycles. The van der Waals surface area contributed by atoms with E-state index in [1.807, 2.05) is 18.2 Å². The molecule has 1 aromatic rings. The lowest BCUT2D eigenvalue weighted by molar-refractivity contribution is 0.171. The van der Waals surface area contributed by atoms with Gasteiger partial charge in [-0.15, -0.1) is 0 Å². The van der Waals surface area contributed by atoms with Crippen LogP contribution in [-0.2, 0) is 0 Å². The van der Waals surface area contributed by atoms with Crippen LogP contribution in [0.2, 0.25) is 0 Å². The van der Waals surface area contributed by atoms with Crippen molar-refractivity contribution in [3.05, 3.63) is 23.8 Å². The first-order valence-electron chi connectivity index (χ1n) is 9.80. The number of nitrogens with one attached hydrogen (secondary N) is 2. The molecule has 3 rings (SSSR count). The van der Waals surface area contributed by atoms with E-state index in [0.717, 1.165) is 30.0 Å². The number of rotatable bonds is 7. The van der Waals surface area contributed by atoms with E-state index in [2.05, 4.69) is 29.4 Å². The molecule has 0 saturated carbocycles. The molecule has 0 aliphatic carbocycles. The molecule has 0 spiro atoms. The van der Waals surface area contributed by atoms with Gasteiger partial charge in [0.05, 0.1) is 6.04 Å². The van der Waals surface area contributed by atoms with E-state index in [0.29, 0.717) is 19.8 Å². The van der Waals surface area contributed by atoms with E-state index >= 15 is 0 Å². The number of carbonyl (C=O) groups is 1. The molecule has 6 heteroatoms. The Bertz CT molecular complexity index is 600. The number of fused-ring (bicyclic) bond motifs is 1. The number of carbonyl (C=O) groups excluding carboxylic acids is 1. The molecular weight excluding hydrogens is 330 g/mol. The summed E-state index contributed by atoms with van der Waals surface area (Å²) in [6.07, 6.45) is 3.60. The van der Waals surface area contributed by atoms with E-state index in [1.54, 1.807) is 0 Å². The Morgan fingerprint density at radius 3 is 2.62 bits per heavy atom. The van der Waals surface area contributed by atoms with Crippen LogP contribution in [0, 0.1) is 5.92 Å². The average molecular weight is 361 g/mol. The lowest BCUT2D eigenvalue weighted by atomic mass is 9.95. The second-order valence-electron chi connectivity index (χ2n) is 7.43. The monoisotopic (exact) mass is 361 g/mol. The standard InChI is InChI=1S/C20H31N3O3/c1-15(2)19(16-6-7-17-18(14-16)26-13-12-25-17)22-20(24)21-8-5-11-23-9-3-4-10-23/h6-7,14-15,19H,3-5,8-13H2,1-2H3,(H2,21,22,24)/t19-/m1/s1. The van der Waals surface area contributed by atoms with E-state index in [-0.39, 0.29) is 18.0 Å². The second-order valence-corrected chi connectivity index (χ2v) is 7.43. The highest BCUT2D eigenvalue weighted by molar-refractivity contribution is 5.74. The first-order chi connectivity index (χ1) is 12.6. The lowest BCUT2D eigenvalue weighted by Crippen LogP contribution is -2.40. The molecular formula is C20H31N3O3. The minimum atomic E-state index is -0.111. The smallest absolute Gasteiger partial charge is 0.315 e. The van der Waals surface area contributed by atoms with Crippen LogP contribution in [0.1, 0.15) is 44.7 Å². The van der Waals surface area contributed by atoms with Gasteiger partial charge in [0.1, 0.15) is 13.2 Å². The fourth-order valence-corrected chi connectivity index (χ4v) is 3.59. The Kier molecular flexibility index (Phi) is 6.61. The first-order valence-corrected chi connectivity index (χ1v) is 9.80. The van der Waals surface area contributed by atoms with Crippen LogP contribution in [0.5, 0.6) is 11.5 Å². The Morgan fingerprint density at radius 1 is 1.15 bits per heavy atom. The van der Waals surface area contributed by atoms with Gasteiger partial charge in [0.2, 0.25) is 0 Å². The maximum atomic E-state index is 12.3. The zero-order valence-corrected chi connectivity index (χ0v) is 15.9. The number of ether oxygens (including phenoxy) is 2. The predicted molar refractivity (Wildman–Crippen MR) is 102 cm³/mol. The molecule has 1 aromatic carbocycles. The molecule has 0 unspecified atom stereocenters. The number of nitrogens with zero attached hydrogens (tertiary/aromatic N) is 1. The summed E-state index contributed by atoms with van der Waals surface area (Å²) in [7, 11) is 0. The average Bonchev–Trinajstić information content (AvgIpc) is 3.16. The van der Waals surface area contributed by atoms with E-state index < -0.39 is 0 Å². The van der Waals surface area contributed by atoms with E-state index in [1.165, 1.54) is 25.9 Å². The summed E-state index contributed by atoms with van der Waals surface area (Å²) in [5.41, 5.74) is 1.04. The zero-order valence-electron chi connectivity index (χ0n) is 15.9. The van der Waals surface area contributed by atoms with Gasteiger partial charge in [-0.05, 0) is 62.5 Å². The van der Waals surface area contributed by atoms with Crippen LogP contribution in [-0.4, -0.2) is 50.3 Å². The normalized spacial score (nSPS) is 18.0. The molecule has 144 valence electrons. The Labute approximate surface area is 156 Å². The van der Waals surface area contributed by atoms with Crippen molar-refractivity contribution < 1.29 is 14.3 Å². The first kappa shape index (κ1) is 18.8. The highest BCUT2D eigenvalue weighted by atomic mass is 16.6. The summed E-state index contributed by atoms with van der Waals surface area (Å²) in [6, 6.07) is 5.73. The molecule has 2 amide bonds. The van der Waals surface area contributed by atoms with Crippen LogP contribution < -0.4 is 20.1 Å². The summed E-state index contributed by atoms with van der Waals surface area (Å²) < 4.78 is 11.2. The van der Waals surface area contributed by atoms with Crippen molar-refractivity contribution in [1.82, 2.24) is 15.5 Å². The van der Waals surface area contributed by atoms with Crippen LogP contribution in [0.4, 0.5) is 4.79 Å². The number of hydrogen-bond acceptors (Lipinski definition) is 4. The van der Waals surface area contributed by atoms with Crippen LogP contribution >= 0.6 is 0 Å². The summed E-state index contributed by atoms with van der Waals surface area (Å²) in [4.78, 5) is 14.8. The molecule has 2 aliphatic heterocycles. The predicted octanol–water partition coefficient (Wildman–Crippen LogP) is 2.94. The Hall–Kier alpha value is -1.95. The van der Waals surface area contributed by atoms with Gasteiger partial charge in [0.15, 0.2) is 11.5 Å². The van der Waals surface area contributed by atoms with Gasteiger partial charge in [0.25, 0.3) is 0 Å². The zero-order chi connectivity index (χ0) is 18.4. The Balaban J connectivity index is 1.50. The molecule has 26 heavy (non-hydrogen) atoms. The molecule has 1 atom stereocenters. The number of amides is 2. The highest BCUT2D eigenvalue weighted by Crippen LogP contribution is 2.34. The SMILES string of the molecule is CC(C)[C@@H](NC(=O)NCCCN1CCCC1)c1ccc2c(c1)OCCO2.